The van der Waals surface area contributed by atoms with E-state index in [2.05, 4.69) is 5.32 Å². The van der Waals surface area contributed by atoms with Crippen molar-refractivity contribution in [2.45, 2.75) is 32.3 Å². The summed E-state index contributed by atoms with van der Waals surface area (Å²) in [5.74, 6) is -1.16. The average molecular weight is 428 g/mol. The molecule has 0 aromatic heterocycles. The molecular weight excluding hydrogens is 404 g/mol. The van der Waals surface area contributed by atoms with Crippen molar-refractivity contribution < 1.29 is 33.4 Å². The van der Waals surface area contributed by atoms with Crippen molar-refractivity contribution in [2.75, 3.05) is 25.1 Å². The van der Waals surface area contributed by atoms with Crippen molar-refractivity contribution in [3.8, 4) is 11.5 Å². The van der Waals surface area contributed by atoms with Gasteiger partial charge in [0.2, 0.25) is 11.8 Å². The number of esters is 1. The van der Waals surface area contributed by atoms with E-state index >= 15 is 0 Å². The predicted octanol–water partition coefficient (Wildman–Crippen LogP) is 1.67. The van der Waals surface area contributed by atoms with Crippen LogP contribution in [-0.4, -0.2) is 54.5 Å². The topological polar surface area (TPSA) is 111 Å². The number of ether oxygens (including phenoxy) is 3. The maximum Gasteiger partial charge on any atom is 0.308 e. The van der Waals surface area contributed by atoms with Crippen LogP contribution in [0.1, 0.15) is 26.2 Å². The van der Waals surface area contributed by atoms with E-state index in [0.29, 0.717) is 43.2 Å². The SMILES string of the molecule is CC(OC(=O)CCN1C(=O)C2CC=CCC2C1=O)C(=O)Nc1ccc2c(c1)OCCO2. The Balaban J connectivity index is 1.26. The Bertz CT molecular complexity index is 916. The minimum absolute atomic E-state index is 0.0417. The van der Waals surface area contributed by atoms with E-state index in [-0.39, 0.29) is 36.6 Å². The molecule has 0 bridgehead atoms. The average Bonchev–Trinajstić information content (AvgIpc) is 3.02. The second kappa shape index (κ2) is 8.79. The van der Waals surface area contributed by atoms with Gasteiger partial charge in [0, 0.05) is 18.3 Å². The van der Waals surface area contributed by atoms with Crippen molar-refractivity contribution in [3.05, 3.63) is 30.4 Å². The van der Waals surface area contributed by atoms with Gasteiger partial charge in [-0.1, -0.05) is 12.2 Å². The first-order chi connectivity index (χ1) is 14.9. The zero-order valence-electron chi connectivity index (χ0n) is 17.2. The molecule has 2 heterocycles. The van der Waals surface area contributed by atoms with Gasteiger partial charge < -0.3 is 19.5 Å². The van der Waals surface area contributed by atoms with E-state index in [1.165, 1.54) is 6.92 Å². The third-order valence-electron chi connectivity index (χ3n) is 5.63. The Morgan fingerprint density at radius 1 is 1.10 bits per heavy atom. The van der Waals surface area contributed by atoms with Gasteiger partial charge >= 0.3 is 5.97 Å². The third kappa shape index (κ3) is 4.40. The number of hydrogen-bond acceptors (Lipinski definition) is 7. The summed E-state index contributed by atoms with van der Waals surface area (Å²) in [5, 5.41) is 2.66. The molecule has 1 aliphatic carbocycles. The van der Waals surface area contributed by atoms with E-state index in [0.717, 1.165) is 4.90 Å². The number of nitrogens with zero attached hydrogens (tertiary/aromatic N) is 1. The van der Waals surface area contributed by atoms with Crippen LogP contribution < -0.4 is 14.8 Å². The fourth-order valence-corrected chi connectivity index (χ4v) is 3.97. The molecule has 164 valence electrons. The molecule has 0 spiro atoms. The van der Waals surface area contributed by atoms with Crippen LogP contribution in [0.4, 0.5) is 5.69 Å². The van der Waals surface area contributed by atoms with Crippen LogP contribution in [0.25, 0.3) is 0 Å². The molecule has 1 aromatic carbocycles. The van der Waals surface area contributed by atoms with Gasteiger partial charge in [-0.15, -0.1) is 0 Å². The first-order valence-corrected chi connectivity index (χ1v) is 10.3. The normalized spacial score (nSPS) is 22.7. The van der Waals surface area contributed by atoms with Crippen molar-refractivity contribution in [1.29, 1.82) is 0 Å². The molecule has 0 radical (unpaired) electrons. The Labute approximate surface area is 179 Å². The Morgan fingerprint density at radius 3 is 2.42 bits per heavy atom. The lowest BCUT2D eigenvalue weighted by molar-refractivity contribution is -0.154. The second-order valence-electron chi connectivity index (χ2n) is 7.71. The Morgan fingerprint density at radius 2 is 1.74 bits per heavy atom. The molecule has 9 nitrogen and oxygen atoms in total. The highest BCUT2D eigenvalue weighted by Gasteiger charge is 2.47. The van der Waals surface area contributed by atoms with Crippen LogP contribution in [0.3, 0.4) is 0 Å². The molecule has 1 fully saturated rings. The van der Waals surface area contributed by atoms with Crippen molar-refractivity contribution in [1.82, 2.24) is 4.90 Å². The lowest BCUT2D eigenvalue weighted by Crippen LogP contribution is -2.35. The van der Waals surface area contributed by atoms with E-state index in [4.69, 9.17) is 14.2 Å². The number of likely N-dealkylation sites (tertiary alicyclic amines) is 1. The predicted molar refractivity (Wildman–Crippen MR) is 108 cm³/mol. The third-order valence-corrected chi connectivity index (χ3v) is 5.63. The summed E-state index contributed by atoms with van der Waals surface area (Å²) in [6, 6.07) is 5.00. The number of amides is 3. The van der Waals surface area contributed by atoms with E-state index < -0.39 is 18.0 Å². The number of anilines is 1. The summed E-state index contributed by atoms with van der Waals surface area (Å²) >= 11 is 0. The minimum Gasteiger partial charge on any atom is -0.486 e. The van der Waals surface area contributed by atoms with Crippen LogP contribution in [0.5, 0.6) is 11.5 Å². The molecule has 3 unspecified atom stereocenters. The molecule has 1 aromatic rings. The molecular formula is C22H24N2O7. The first-order valence-electron chi connectivity index (χ1n) is 10.3. The standard InChI is InChI=1S/C22H24N2O7/c1-13(20(26)23-14-6-7-17-18(12-14)30-11-10-29-17)31-19(25)8-9-24-21(27)15-4-2-3-5-16(15)22(24)28/h2-3,6-7,12-13,15-16H,4-5,8-11H2,1H3,(H,23,26). The summed E-state index contributed by atoms with van der Waals surface area (Å²) in [7, 11) is 0. The van der Waals surface area contributed by atoms with Crippen LogP contribution >= 0.6 is 0 Å². The molecule has 3 aliphatic rings. The van der Waals surface area contributed by atoms with Gasteiger partial charge in [0.05, 0.1) is 18.3 Å². The molecule has 2 aliphatic heterocycles. The van der Waals surface area contributed by atoms with Gasteiger partial charge in [-0.2, -0.15) is 0 Å². The first kappa shape index (κ1) is 20.9. The molecule has 31 heavy (non-hydrogen) atoms. The van der Waals surface area contributed by atoms with Gasteiger partial charge in [0.15, 0.2) is 17.6 Å². The summed E-state index contributed by atoms with van der Waals surface area (Å²) in [4.78, 5) is 50.6. The highest BCUT2D eigenvalue weighted by molar-refractivity contribution is 6.05. The van der Waals surface area contributed by atoms with E-state index in [9.17, 15) is 19.2 Å². The lowest BCUT2D eigenvalue weighted by Gasteiger charge is -2.19. The number of nitrogens with one attached hydrogen (secondary N) is 1. The van der Waals surface area contributed by atoms with Gasteiger partial charge in [-0.3, -0.25) is 24.1 Å². The van der Waals surface area contributed by atoms with Crippen LogP contribution in [0, 0.1) is 11.8 Å². The molecule has 4 rings (SSSR count). The maximum absolute atomic E-state index is 12.4. The quantitative estimate of drug-likeness (QED) is 0.417. The zero-order valence-corrected chi connectivity index (χ0v) is 17.2. The summed E-state index contributed by atoms with van der Waals surface area (Å²) in [6.07, 6.45) is 3.71. The van der Waals surface area contributed by atoms with Crippen LogP contribution in [0.2, 0.25) is 0 Å². The van der Waals surface area contributed by atoms with E-state index in [1.807, 2.05) is 12.2 Å². The van der Waals surface area contributed by atoms with Crippen LogP contribution in [-0.2, 0) is 23.9 Å². The minimum atomic E-state index is -1.04. The number of fused-ring (bicyclic) bond motifs is 2. The van der Waals surface area contributed by atoms with E-state index in [1.54, 1.807) is 18.2 Å². The molecule has 1 saturated heterocycles. The van der Waals surface area contributed by atoms with Crippen LogP contribution in [0.15, 0.2) is 30.4 Å². The molecule has 1 N–H and O–H groups in total. The maximum atomic E-state index is 12.4. The zero-order chi connectivity index (χ0) is 22.0. The monoisotopic (exact) mass is 428 g/mol. The molecule has 9 heteroatoms. The van der Waals surface area contributed by atoms with Gasteiger partial charge in [0.25, 0.3) is 5.91 Å². The fourth-order valence-electron chi connectivity index (χ4n) is 3.97. The largest absolute Gasteiger partial charge is 0.486 e. The second-order valence-corrected chi connectivity index (χ2v) is 7.71. The Kier molecular flexibility index (Phi) is 5.92. The molecule has 0 saturated carbocycles. The molecule has 3 atom stereocenters. The summed E-state index contributed by atoms with van der Waals surface area (Å²) in [6.45, 7) is 2.31. The number of imide groups is 1. The number of hydrogen-bond donors (Lipinski definition) is 1. The van der Waals surface area contributed by atoms with Crippen molar-refractivity contribution in [3.63, 3.8) is 0 Å². The van der Waals surface area contributed by atoms with Gasteiger partial charge in [-0.25, -0.2) is 0 Å². The number of rotatable bonds is 6. The number of allylic oxidation sites excluding steroid dienone is 2. The van der Waals surface area contributed by atoms with Crippen molar-refractivity contribution >= 4 is 29.4 Å². The van der Waals surface area contributed by atoms with Gasteiger partial charge in [0.1, 0.15) is 13.2 Å². The summed E-state index contributed by atoms with van der Waals surface area (Å²) in [5.41, 5.74) is 0.488. The number of carbonyl (C=O) groups excluding carboxylic acids is 4. The Hall–Kier alpha value is -3.36. The highest BCUT2D eigenvalue weighted by Crippen LogP contribution is 2.35. The number of carbonyl (C=O) groups is 4. The smallest absolute Gasteiger partial charge is 0.308 e. The lowest BCUT2D eigenvalue weighted by atomic mass is 9.85. The van der Waals surface area contributed by atoms with Crippen molar-refractivity contribution in [2.24, 2.45) is 11.8 Å². The number of benzene rings is 1. The van der Waals surface area contributed by atoms with Gasteiger partial charge in [-0.05, 0) is 31.9 Å². The molecule has 3 amide bonds. The summed E-state index contributed by atoms with van der Waals surface area (Å²) < 4.78 is 16.1. The fraction of sp³-hybridized carbons (Fsp3) is 0.455. The highest BCUT2D eigenvalue weighted by atomic mass is 16.6.